The van der Waals surface area contributed by atoms with Gasteiger partial charge in [0, 0.05) is 15.7 Å². The van der Waals surface area contributed by atoms with Crippen LogP contribution in [-0.4, -0.2) is 5.91 Å². The van der Waals surface area contributed by atoms with Crippen molar-refractivity contribution in [3.8, 4) is 0 Å². The number of nitrogens with one attached hydrogen (secondary N) is 1. The van der Waals surface area contributed by atoms with Crippen LogP contribution in [0.25, 0.3) is 0 Å². The molecule has 0 fully saturated rings. The van der Waals surface area contributed by atoms with Gasteiger partial charge in [0.2, 0.25) is 0 Å². The number of halogens is 1. The molecular formula is C16H16BrNO. The Morgan fingerprint density at radius 3 is 2.21 bits per heavy atom. The molecule has 2 nitrogen and oxygen atoms in total. The van der Waals surface area contributed by atoms with Gasteiger partial charge in [-0.15, -0.1) is 0 Å². The van der Waals surface area contributed by atoms with Gasteiger partial charge in [-0.25, -0.2) is 0 Å². The summed E-state index contributed by atoms with van der Waals surface area (Å²) in [6.45, 7) is 5.88. The molecule has 0 saturated carbocycles. The molecule has 1 N–H and O–H groups in total. The van der Waals surface area contributed by atoms with E-state index in [-0.39, 0.29) is 5.91 Å². The molecule has 0 aromatic heterocycles. The van der Waals surface area contributed by atoms with Crippen LogP contribution in [0.15, 0.2) is 40.9 Å². The number of hydrogen-bond acceptors (Lipinski definition) is 1. The summed E-state index contributed by atoms with van der Waals surface area (Å²) in [4.78, 5) is 12.4. The summed E-state index contributed by atoms with van der Waals surface area (Å²) in [5.41, 5.74) is 4.60. The van der Waals surface area contributed by atoms with E-state index in [2.05, 4.69) is 21.2 Å². The zero-order chi connectivity index (χ0) is 14.0. The molecule has 3 heteroatoms. The van der Waals surface area contributed by atoms with Crippen molar-refractivity contribution in [2.24, 2.45) is 0 Å². The highest BCUT2D eigenvalue weighted by atomic mass is 79.9. The zero-order valence-electron chi connectivity index (χ0n) is 11.3. The molecular weight excluding hydrogens is 302 g/mol. The third-order valence-electron chi connectivity index (χ3n) is 3.22. The molecule has 0 saturated heterocycles. The highest BCUT2D eigenvalue weighted by Gasteiger charge is 2.13. The predicted octanol–water partition coefficient (Wildman–Crippen LogP) is 4.63. The summed E-state index contributed by atoms with van der Waals surface area (Å²) < 4.78 is 0.992. The van der Waals surface area contributed by atoms with Crippen molar-refractivity contribution < 1.29 is 4.79 Å². The van der Waals surface area contributed by atoms with E-state index in [9.17, 15) is 4.79 Å². The fourth-order valence-electron chi connectivity index (χ4n) is 2.10. The van der Waals surface area contributed by atoms with Crippen LogP contribution >= 0.6 is 15.9 Å². The Morgan fingerprint density at radius 1 is 1.00 bits per heavy atom. The van der Waals surface area contributed by atoms with Crippen molar-refractivity contribution in [3.63, 3.8) is 0 Å². The number of aryl methyl sites for hydroxylation is 2. The Hall–Kier alpha value is -1.61. The molecule has 0 spiro atoms. The first-order valence-electron chi connectivity index (χ1n) is 6.13. The summed E-state index contributed by atoms with van der Waals surface area (Å²) in [5, 5.41) is 2.98. The van der Waals surface area contributed by atoms with Crippen LogP contribution in [0.1, 0.15) is 27.0 Å². The first-order chi connectivity index (χ1) is 9.00. The molecule has 2 aromatic rings. The molecule has 2 rings (SSSR count). The topological polar surface area (TPSA) is 29.1 Å². The molecule has 0 atom stereocenters. The largest absolute Gasteiger partial charge is 0.322 e. The lowest BCUT2D eigenvalue weighted by atomic mass is 10.0. The van der Waals surface area contributed by atoms with Crippen molar-refractivity contribution in [1.29, 1.82) is 0 Å². The second-order valence-electron chi connectivity index (χ2n) is 4.63. The zero-order valence-corrected chi connectivity index (χ0v) is 12.8. The molecule has 0 unspecified atom stereocenters. The number of benzene rings is 2. The van der Waals surface area contributed by atoms with E-state index in [1.165, 1.54) is 0 Å². The van der Waals surface area contributed by atoms with E-state index >= 15 is 0 Å². The average molecular weight is 318 g/mol. The third-order valence-corrected chi connectivity index (χ3v) is 4.08. The van der Waals surface area contributed by atoms with Gasteiger partial charge in [0.15, 0.2) is 0 Å². The molecule has 0 bridgehead atoms. The molecule has 2 aromatic carbocycles. The summed E-state index contributed by atoms with van der Waals surface area (Å²) in [5.74, 6) is -0.0585. The smallest absolute Gasteiger partial charge is 0.256 e. The number of carbonyl (C=O) groups excluding carboxylic acids is 1. The lowest BCUT2D eigenvalue weighted by molar-refractivity contribution is 0.102. The van der Waals surface area contributed by atoms with Crippen molar-refractivity contribution in [2.45, 2.75) is 20.8 Å². The van der Waals surface area contributed by atoms with Gasteiger partial charge in [0.25, 0.3) is 5.91 Å². The predicted molar refractivity (Wildman–Crippen MR) is 82.7 cm³/mol. The maximum Gasteiger partial charge on any atom is 0.256 e. The van der Waals surface area contributed by atoms with E-state index in [0.717, 1.165) is 32.4 Å². The standard InChI is InChI=1S/C16H16BrNO/c1-10-6-4-7-11(2)15(10)16(19)18-14-9-5-8-13(17)12(14)3/h4-9H,1-3H3,(H,18,19). The minimum Gasteiger partial charge on any atom is -0.322 e. The summed E-state index contributed by atoms with van der Waals surface area (Å²) in [6.07, 6.45) is 0. The monoisotopic (exact) mass is 317 g/mol. The van der Waals surface area contributed by atoms with E-state index in [1.807, 2.05) is 57.2 Å². The minimum absolute atomic E-state index is 0.0585. The maximum atomic E-state index is 12.4. The second kappa shape index (κ2) is 5.57. The molecule has 0 aliphatic rings. The van der Waals surface area contributed by atoms with Crippen LogP contribution in [0.2, 0.25) is 0 Å². The highest BCUT2D eigenvalue weighted by molar-refractivity contribution is 9.10. The number of carbonyl (C=O) groups is 1. The fraction of sp³-hybridized carbons (Fsp3) is 0.188. The molecule has 98 valence electrons. The molecule has 0 heterocycles. The maximum absolute atomic E-state index is 12.4. The van der Waals surface area contributed by atoms with Crippen molar-refractivity contribution in [3.05, 3.63) is 63.1 Å². The van der Waals surface area contributed by atoms with Crippen LogP contribution in [0.3, 0.4) is 0 Å². The first kappa shape index (κ1) is 13.8. The van der Waals surface area contributed by atoms with Gasteiger partial charge in [0.05, 0.1) is 0 Å². The quantitative estimate of drug-likeness (QED) is 0.859. The average Bonchev–Trinajstić information content (AvgIpc) is 2.35. The van der Waals surface area contributed by atoms with Gasteiger partial charge in [-0.3, -0.25) is 4.79 Å². The lowest BCUT2D eigenvalue weighted by Crippen LogP contribution is -2.15. The number of hydrogen-bond donors (Lipinski definition) is 1. The number of amides is 1. The van der Waals surface area contributed by atoms with Crippen LogP contribution < -0.4 is 5.32 Å². The van der Waals surface area contributed by atoms with Gasteiger partial charge < -0.3 is 5.32 Å². The summed E-state index contributed by atoms with van der Waals surface area (Å²) >= 11 is 3.47. The Bertz CT molecular complexity index is 614. The van der Waals surface area contributed by atoms with Gasteiger partial charge in [-0.05, 0) is 49.6 Å². The van der Waals surface area contributed by atoms with Crippen LogP contribution in [-0.2, 0) is 0 Å². The molecule has 0 aliphatic heterocycles. The summed E-state index contributed by atoms with van der Waals surface area (Å²) in [6, 6.07) is 11.7. The Morgan fingerprint density at radius 2 is 1.58 bits per heavy atom. The fourth-order valence-corrected chi connectivity index (χ4v) is 2.47. The van der Waals surface area contributed by atoms with Crippen LogP contribution in [0.5, 0.6) is 0 Å². The van der Waals surface area contributed by atoms with E-state index in [4.69, 9.17) is 0 Å². The normalized spacial score (nSPS) is 10.3. The Balaban J connectivity index is 2.34. The van der Waals surface area contributed by atoms with E-state index in [1.54, 1.807) is 0 Å². The van der Waals surface area contributed by atoms with Gasteiger partial charge >= 0.3 is 0 Å². The number of rotatable bonds is 2. The molecule has 0 radical (unpaired) electrons. The third kappa shape index (κ3) is 2.87. The van der Waals surface area contributed by atoms with Crippen molar-refractivity contribution >= 4 is 27.5 Å². The SMILES string of the molecule is Cc1cccc(C)c1C(=O)Nc1cccc(Br)c1C. The molecule has 0 aliphatic carbocycles. The minimum atomic E-state index is -0.0585. The van der Waals surface area contributed by atoms with E-state index < -0.39 is 0 Å². The van der Waals surface area contributed by atoms with E-state index in [0.29, 0.717) is 0 Å². The van der Waals surface area contributed by atoms with Gasteiger partial charge in [-0.2, -0.15) is 0 Å². The first-order valence-corrected chi connectivity index (χ1v) is 6.92. The second-order valence-corrected chi connectivity index (χ2v) is 5.49. The van der Waals surface area contributed by atoms with Crippen molar-refractivity contribution in [1.82, 2.24) is 0 Å². The highest BCUT2D eigenvalue weighted by Crippen LogP contribution is 2.24. The Kier molecular flexibility index (Phi) is 4.05. The molecule has 19 heavy (non-hydrogen) atoms. The Labute approximate surface area is 122 Å². The van der Waals surface area contributed by atoms with Gasteiger partial charge in [-0.1, -0.05) is 40.2 Å². The van der Waals surface area contributed by atoms with Crippen LogP contribution in [0, 0.1) is 20.8 Å². The van der Waals surface area contributed by atoms with Crippen LogP contribution in [0.4, 0.5) is 5.69 Å². The summed E-state index contributed by atoms with van der Waals surface area (Å²) in [7, 11) is 0. The van der Waals surface area contributed by atoms with Crippen molar-refractivity contribution in [2.75, 3.05) is 5.32 Å². The number of anilines is 1. The van der Waals surface area contributed by atoms with Gasteiger partial charge in [0.1, 0.15) is 0 Å². The lowest BCUT2D eigenvalue weighted by Gasteiger charge is -2.12. The molecule has 1 amide bonds.